The van der Waals surface area contributed by atoms with E-state index in [-0.39, 0.29) is 50.4 Å². The lowest BCUT2D eigenvalue weighted by atomic mass is 9.95. The van der Waals surface area contributed by atoms with Crippen molar-refractivity contribution in [3.05, 3.63) is 70.8 Å². The van der Waals surface area contributed by atoms with Gasteiger partial charge in [0.2, 0.25) is 5.91 Å². The number of halogens is 1. The number of benzene rings is 2. The zero-order valence-corrected chi connectivity index (χ0v) is 19.1. The van der Waals surface area contributed by atoms with Crippen LogP contribution in [-0.4, -0.2) is 65.1 Å². The Labute approximate surface area is 200 Å². The number of H-pyrrole nitrogens is 1. The monoisotopic (exact) mass is 477 g/mol. The molecule has 9 heteroatoms. The van der Waals surface area contributed by atoms with Crippen LogP contribution >= 0.6 is 0 Å². The molecule has 5 rings (SSSR count). The molecule has 2 aromatic carbocycles. The Morgan fingerprint density at radius 3 is 2.83 bits per heavy atom. The molecule has 1 aliphatic rings. The lowest BCUT2D eigenvalue weighted by Crippen LogP contribution is -2.42. The maximum absolute atomic E-state index is 14.4. The highest BCUT2D eigenvalue weighted by molar-refractivity contribution is 6.20. The molecule has 0 atom stereocenters. The number of fused-ring (bicyclic) bond motifs is 5. The fourth-order valence-electron chi connectivity index (χ4n) is 4.57. The molecule has 0 unspecified atom stereocenters. The lowest BCUT2D eigenvalue weighted by molar-refractivity contribution is -0.136. The van der Waals surface area contributed by atoms with Gasteiger partial charge in [0.1, 0.15) is 6.61 Å². The number of carbonyl (C=O) groups is 2. The number of methoxy groups -OCH3 is 1. The van der Waals surface area contributed by atoms with Gasteiger partial charge in [-0.15, -0.1) is 0 Å². The molecular formula is C26H24FN3O5. The molecule has 3 heterocycles. The summed E-state index contributed by atoms with van der Waals surface area (Å²) in [4.78, 5) is 35.5. The van der Waals surface area contributed by atoms with Crippen LogP contribution in [0.5, 0.6) is 5.75 Å². The van der Waals surface area contributed by atoms with Gasteiger partial charge < -0.3 is 24.5 Å². The summed E-state index contributed by atoms with van der Waals surface area (Å²) in [5, 5.41) is 10.5. The van der Waals surface area contributed by atoms with E-state index in [1.807, 2.05) is 24.3 Å². The summed E-state index contributed by atoms with van der Waals surface area (Å²) < 4.78 is 24.5. The number of hydrogen-bond acceptors (Lipinski definition) is 6. The van der Waals surface area contributed by atoms with Crippen LogP contribution < -0.4 is 4.74 Å². The standard InChI is InChI=1S/C26H24FN3O5/c1-34-22-7-6-15(10-17(22)27)11-19-26-24(16-4-2-3-5-18(16)29-26)25-20(28-19)12-30(13-21(25)32)23(33)14-35-9-8-31/h2-7,10,29,31H,8-9,11-14H2,1H3. The highest BCUT2D eigenvalue weighted by Crippen LogP contribution is 2.35. The van der Waals surface area contributed by atoms with Crippen LogP contribution in [0.3, 0.4) is 0 Å². The first-order valence-corrected chi connectivity index (χ1v) is 11.2. The molecule has 2 N–H and O–H groups in total. The summed E-state index contributed by atoms with van der Waals surface area (Å²) in [6, 6.07) is 12.4. The van der Waals surface area contributed by atoms with Crippen LogP contribution in [0.25, 0.3) is 21.8 Å². The van der Waals surface area contributed by atoms with Gasteiger partial charge in [0.15, 0.2) is 17.3 Å². The van der Waals surface area contributed by atoms with Gasteiger partial charge in [0, 0.05) is 22.7 Å². The summed E-state index contributed by atoms with van der Waals surface area (Å²) in [5.41, 5.74) is 3.94. The number of Topliss-reactive ketones (excluding diaryl/α,β-unsaturated/α-hetero) is 1. The van der Waals surface area contributed by atoms with E-state index in [4.69, 9.17) is 19.6 Å². The third kappa shape index (κ3) is 4.24. The van der Waals surface area contributed by atoms with Crippen molar-refractivity contribution in [1.82, 2.24) is 14.9 Å². The number of amides is 1. The van der Waals surface area contributed by atoms with Crippen LogP contribution in [0.1, 0.15) is 27.3 Å². The van der Waals surface area contributed by atoms with Crippen molar-refractivity contribution in [2.24, 2.45) is 0 Å². The third-order valence-electron chi connectivity index (χ3n) is 6.16. The molecule has 1 amide bonds. The Morgan fingerprint density at radius 1 is 1.23 bits per heavy atom. The average Bonchev–Trinajstić information content (AvgIpc) is 3.24. The van der Waals surface area contributed by atoms with Crippen molar-refractivity contribution in [2.45, 2.75) is 13.0 Å². The SMILES string of the molecule is COc1ccc(Cc2nc3c(c4c2[nH]c2ccccc24)C(=O)CN(C(=O)COCCO)C3)cc1F. The Bertz CT molecular complexity index is 1450. The summed E-state index contributed by atoms with van der Waals surface area (Å²) >= 11 is 0. The van der Waals surface area contributed by atoms with Crippen LogP contribution in [-0.2, 0) is 22.5 Å². The summed E-state index contributed by atoms with van der Waals surface area (Å²) in [5.74, 6) is -0.861. The fraction of sp³-hybridized carbons (Fsp3) is 0.269. The van der Waals surface area contributed by atoms with Crippen molar-refractivity contribution in [2.75, 3.05) is 33.5 Å². The van der Waals surface area contributed by atoms with Gasteiger partial charge in [-0.1, -0.05) is 24.3 Å². The topological polar surface area (TPSA) is 105 Å². The molecule has 0 aliphatic carbocycles. The van der Waals surface area contributed by atoms with Crippen LogP contribution in [0, 0.1) is 5.82 Å². The maximum atomic E-state index is 14.4. The number of nitrogens with zero attached hydrogens (tertiary/aromatic N) is 2. The fourth-order valence-corrected chi connectivity index (χ4v) is 4.57. The number of pyridine rings is 1. The Kier molecular flexibility index (Phi) is 6.19. The second kappa shape index (κ2) is 9.44. The number of aromatic amines is 1. The Hall–Kier alpha value is -3.82. The normalized spacial score (nSPS) is 13.5. The smallest absolute Gasteiger partial charge is 0.249 e. The van der Waals surface area contributed by atoms with Crippen molar-refractivity contribution < 1.29 is 28.6 Å². The quantitative estimate of drug-likeness (QED) is 0.397. The molecule has 35 heavy (non-hydrogen) atoms. The molecule has 8 nitrogen and oxygen atoms in total. The van der Waals surface area contributed by atoms with E-state index in [0.29, 0.717) is 28.9 Å². The molecular weight excluding hydrogens is 453 g/mol. The van der Waals surface area contributed by atoms with E-state index in [2.05, 4.69) is 4.98 Å². The van der Waals surface area contributed by atoms with Gasteiger partial charge in [-0.2, -0.15) is 0 Å². The number of ketones is 1. The van der Waals surface area contributed by atoms with Crippen LogP contribution in [0.2, 0.25) is 0 Å². The number of aliphatic hydroxyl groups is 1. The molecule has 0 bridgehead atoms. The maximum Gasteiger partial charge on any atom is 0.249 e. The van der Waals surface area contributed by atoms with E-state index >= 15 is 0 Å². The van der Waals surface area contributed by atoms with Gasteiger partial charge in [-0.25, -0.2) is 4.39 Å². The van der Waals surface area contributed by atoms with Gasteiger partial charge in [-0.3, -0.25) is 14.6 Å². The molecule has 180 valence electrons. The molecule has 0 fully saturated rings. The minimum Gasteiger partial charge on any atom is -0.494 e. The van der Waals surface area contributed by atoms with Crippen LogP contribution in [0.4, 0.5) is 4.39 Å². The van der Waals surface area contributed by atoms with Crippen LogP contribution in [0.15, 0.2) is 42.5 Å². The Balaban J connectivity index is 1.61. The lowest BCUT2D eigenvalue weighted by Gasteiger charge is -2.28. The highest BCUT2D eigenvalue weighted by atomic mass is 19.1. The number of para-hydroxylation sites is 1. The van der Waals surface area contributed by atoms with Gasteiger partial charge in [0.25, 0.3) is 0 Å². The van der Waals surface area contributed by atoms with E-state index in [1.54, 1.807) is 12.1 Å². The Morgan fingerprint density at radius 2 is 2.06 bits per heavy atom. The van der Waals surface area contributed by atoms with Gasteiger partial charge in [0.05, 0.1) is 55.9 Å². The number of hydrogen-bond donors (Lipinski definition) is 2. The molecule has 1 aliphatic heterocycles. The van der Waals surface area contributed by atoms with E-state index in [1.165, 1.54) is 18.1 Å². The largest absolute Gasteiger partial charge is 0.494 e. The first kappa shape index (κ1) is 22.9. The van der Waals surface area contributed by atoms with Crippen molar-refractivity contribution in [3.63, 3.8) is 0 Å². The minimum absolute atomic E-state index is 0.0426. The molecule has 4 aromatic rings. The molecule has 0 saturated carbocycles. The predicted octanol–water partition coefficient (Wildman–Crippen LogP) is 2.99. The van der Waals surface area contributed by atoms with Gasteiger partial charge in [-0.05, 0) is 23.8 Å². The van der Waals surface area contributed by atoms with Crippen molar-refractivity contribution >= 4 is 33.5 Å². The highest BCUT2D eigenvalue weighted by Gasteiger charge is 2.31. The second-order valence-electron chi connectivity index (χ2n) is 8.40. The zero-order valence-electron chi connectivity index (χ0n) is 19.1. The van der Waals surface area contributed by atoms with Gasteiger partial charge >= 0.3 is 0 Å². The first-order chi connectivity index (χ1) is 17.0. The summed E-state index contributed by atoms with van der Waals surface area (Å²) in [6.07, 6.45) is 0.319. The number of ether oxygens (including phenoxy) is 2. The second-order valence-corrected chi connectivity index (χ2v) is 8.40. The summed E-state index contributed by atoms with van der Waals surface area (Å²) in [7, 11) is 1.41. The number of nitrogens with one attached hydrogen (secondary N) is 1. The third-order valence-corrected chi connectivity index (χ3v) is 6.16. The van der Waals surface area contributed by atoms with Crippen molar-refractivity contribution in [3.8, 4) is 5.75 Å². The molecule has 0 spiro atoms. The van der Waals surface area contributed by atoms with E-state index in [9.17, 15) is 14.0 Å². The minimum atomic E-state index is -0.467. The predicted molar refractivity (Wildman–Crippen MR) is 127 cm³/mol. The van der Waals surface area contributed by atoms with E-state index in [0.717, 1.165) is 21.8 Å². The first-order valence-electron chi connectivity index (χ1n) is 11.2. The molecule has 0 saturated heterocycles. The number of aromatic nitrogens is 2. The van der Waals surface area contributed by atoms with Crippen molar-refractivity contribution in [1.29, 1.82) is 0 Å². The number of rotatable bonds is 7. The summed E-state index contributed by atoms with van der Waals surface area (Å²) in [6.45, 7) is -0.294. The molecule has 0 radical (unpaired) electrons. The molecule has 2 aromatic heterocycles. The van der Waals surface area contributed by atoms with E-state index < -0.39 is 5.82 Å². The number of aliphatic hydroxyl groups excluding tert-OH is 1. The zero-order chi connectivity index (χ0) is 24.5. The number of carbonyl (C=O) groups excluding carboxylic acids is 2. The average molecular weight is 477 g/mol.